The first-order valence-electron chi connectivity index (χ1n) is 7.35. The van der Waals surface area contributed by atoms with Crippen molar-refractivity contribution < 1.29 is 14.4 Å². The molecule has 4 nitrogen and oxygen atoms in total. The third-order valence-electron chi connectivity index (χ3n) is 3.53. The zero-order valence-electron chi connectivity index (χ0n) is 12.9. The summed E-state index contributed by atoms with van der Waals surface area (Å²) >= 11 is 0. The van der Waals surface area contributed by atoms with Crippen LogP contribution >= 0.6 is 0 Å². The first-order valence-corrected chi connectivity index (χ1v) is 7.35. The maximum atomic E-state index is 12.7. The van der Waals surface area contributed by atoms with Crippen LogP contribution in [-0.2, 0) is 4.79 Å². The third-order valence-corrected chi connectivity index (χ3v) is 3.53. The molecule has 1 N–H and O–H groups in total. The zero-order valence-corrected chi connectivity index (χ0v) is 12.9. The summed E-state index contributed by atoms with van der Waals surface area (Å²) in [6, 6.07) is 15.6. The van der Waals surface area contributed by atoms with Gasteiger partial charge in [0.25, 0.3) is 0 Å². The molecule has 2 aromatic carbocycles. The van der Waals surface area contributed by atoms with E-state index in [4.69, 9.17) is 0 Å². The van der Waals surface area contributed by atoms with Crippen molar-refractivity contribution in [1.29, 1.82) is 0 Å². The van der Waals surface area contributed by atoms with Gasteiger partial charge in [0.2, 0.25) is 17.5 Å². The van der Waals surface area contributed by atoms with Crippen molar-refractivity contribution in [3.63, 3.8) is 0 Å². The number of Topliss-reactive ketones (excluding diaryl/α,β-unsaturated/α-hetero) is 2. The highest BCUT2D eigenvalue weighted by Crippen LogP contribution is 2.24. The number of carbonyl (C=O) groups is 3. The van der Waals surface area contributed by atoms with E-state index in [0.29, 0.717) is 11.1 Å². The van der Waals surface area contributed by atoms with E-state index in [1.807, 2.05) is 18.2 Å². The maximum Gasteiger partial charge on any atom is 0.221 e. The maximum absolute atomic E-state index is 12.7. The highest BCUT2D eigenvalue weighted by Gasteiger charge is 2.31. The largest absolute Gasteiger partial charge is 0.322 e. The quantitative estimate of drug-likeness (QED) is 0.823. The molecule has 0 saturated heterocycles. The normalized spacial score (nSPS) is 13.0. The second-order valence-electron chi connectivity index (χ2n) is 5.25. The number of allylic oxidation sites excluding steroid dienone is 2. The molecule has 0 bridgehead atoms. The van der Waals surface area contributed by atoms with Gasteiger partial charge in [0.05, 0.1) is 0 Å². The predicted molar refractivity (Wildman–Crippen MR) is 89.3 cm³/mol. The van der Waals surface area contributed by atoms with Crippen LogP contribution in [0.5, 0.6) is 0 Å². The summed E-state index contributed by atoms with van der Waals surface area (Å²) in [5, 5.41) is 2.46. The Balaban J connectivity index is 2.14. The minimum Gasteiger partial charge on any atom is -0.322 e. The summed E-state index contributed by atoms with van der Waals surface area (Å²) in [7, 11) is 0. The number of fused-ring (bicyclic) bond motifs is 1. The molecule has 2 aromatic rings. The molecule has 0 atom stereocenters. The summed E-state index contributed by atoms with van der Waals surface area (Å²) in [5.74, 6) is 4.43. The molecule has 0 unspecified atom stereocenters. The minimum atomic E-state index is -0.426. The van der Waals surface area contributed by atoms with Crippen molar-refractivity contribution in [1.82, 2.24) is 5.32 Å². The summed E-state index contributed by atoms with van der Waals surface area (Å²) in [4.78, 5) is 36.8. The number of carbonyl (C=O) groups excluding carboxylic acids is 3. The van der Waals surface area contributed by atoms with Gasteiger partial charge >= 0.3 is 0 Å². The molecule has 0 aliphatic heterocycles. The number of ketones is 2. The SMILES string of the molecule is CC(=O)NC1=C(C#Cc2ccccc2)C(=O)c2ccccc2C1=O. The first-order chi connectivity index (χ1) is 11.6. The van der Waals surface area contributed by atoms with Gasteiger partial charge in [0.1, 0.15) is 11.3 Å². The fourth-order valence-corrected chi connectivity index (χ4v) is 2.45. The molecule has 0 fully saturated rings. The van der Waals surface area contributed by atoms with E-state index >= 15 is 0 Å². The van der Waals surface area contributed by atoms with Crippen LogP contribution in [0, 0.1) is 11.8 Å². The fourth-order valence-electron chi connectivity index (χ4n) is 2.45. The summed E-state index contributed by atoms with van der Waals surface area (Å²) in [5.41, 5.74) is 1.24. The van der Waals surface area contributed by atoms with Crippen LogP contribution in [0.2, 0.25) is 0 Å². The third kappa shape index (κ3) is 2.88. The Kier molecular flexibility index (Phi) is 4.09. The van der Waals surface area contributed by atoms with Crippen molar-refractivity contribution in [2.45, 2.75) is 6.92 Å². The molecule has 0 aromatic heterocycles. The Bertz CT molecular complexity index is 944. The van der Waals surface area contributed by atoms with E-state index in [1.54, 1.807) is 36.4 Å². The van der Waals surface area contributed by atoms with Crippen LogP contribution in [0.25, 0.3) is 0 Å². The van der Waals surface area contributed by atoms with Crippen LogP contribution in [0.3, 0.4) is 0 Å². The van der Waals surface area contributed by atoms with Gasteiger partial charge in [-0.1, -0.05) is 54.3 Å². The molecular weight excluding hydrogens is 302 g/mol. The Morgan fingerprint density at radius 2 is 1.42 bits per heavy atom. The highest BCUT2D eigenvalue weighted by atomic mass is 16.2. The van der Waals surface area contributed by atoms with Crippen LogP contribution in [-0.4, -0.2) is 17.5 Å². The summed E-state index contributed by atoms with van der Waals surface area (Å²) in [6.07, 6.45) is 0. The molecule has 0 heterocycles. The van der Waals surface area contributed by atoms with Crippen molar-refractivity contribution in [3.8, 4) is 11.8 Å². The molecule has 0 saturated carbocycles. The average molecular weight is 315 g/mol. The van der Waals surface area contributed by atoms with Crippen LogP contribution in [0.1, 0.15) is 33.2 Å². The number of benzene rings is 2. The van der Waals surface area contributed by atoms with Gasteiger partial charge in [0, 0.05) is 23.6 Å². The van der Waals surface area contributed by atoms with Crippen LogP contribution < -0.4 is 5.32 Å². The molecule has 1 amide bonds. The Morgan fingerprint density at radius 1 is 0.833 bits per heavy atom. The molecule has 0 radical (unpaired) electrons. The van der Waals surface area contributed by atoms with Gasteiger partial charge in [-0.25, -0.2) is 0 Å². The molecular formula is C20H13NO3. The van der Waals surface area contributed by atoms with Gasteiger partial charge in [0.15, 0.2) is 0 Å². The Morgan fingerprint density at radius 3 is 2.04 bits per heavy atom. The molecule has 24 heavy (non-hydrogen) atoms. The lowest BCUT2D eigenvalue weighted by Crippen LogP contribution is -2.32. The van der Waals surface area contributed by atoms with Crippen molar-refractivity contribution in [2.24, 2.45) is 0 Å². The summed E-state index contributed by atoms with van der Waals surface area (Å²) < 4.78 is 0. The van der Waals surface area contributed by atoms with Crippen LogP contribution in [0.15, 0.2) is 65.9 Å². The van der Waals surface area contributed by atoms with Crippen molar-refractivity contribution in [3.05, 3.63) is 82.6 Å². The fraction of sp³-hybridized carbons (Fsp3) is 0.0500. The number of hydrogen-bond acceptors (Lipinski definition) is 3. The van der Waals surface area contributed by atoms with Gasteiger partial charge in [-0.3, -0.25) is 14.4 Å². The second kappa shape index (κ2) is 6.35. The van der Waals surface area contributed by atoms with Crippen molar-refractivity contribution >= 4 is 17.5 Å². The number of rotatable bonds is 1. The van der Waals surface area contributed by atoms with Gasteiger partial charge in [-0.2, -0.15) is 0 Å². The number of hydrogen-bond donors (Lipinski definition) is 1. The van der Waals surface area contributed by atoms with Crippen molar-refractivity contribution in [2.75, 3.05) is 0 Å². The van der Waals surface area contributed by atoms with E-state index in [1.165, 1.54) is 6.92 Å². The number of amides is 1. The lowest BCUT2D eigenvalue weighted by atomic mass is 9.87. The lowest BCUT2D eigenvalue weighted by molar-refractivity contribution is -0.118. The molecule has 1 aliphatic rings. The predicted octanol–water partition coefficient (Wildman–Crippen LogP) is 2.51. The first kappa shape index (κ1) is 15.4. The summed E-state index contributed by atoms with van der Waals surface area (Å²) in [6.45, 7) is 1.29. The van der Waals surface area contributed by atoms with E-state index in [-0.39, 0.29) is 22.6 Å². The van der Waals surface area contributed by atoms with E-state index in [2.05, 4.69) is 17.2 Å². The zero-order chi connectivity index (χ0) is 17.1. The van der Waals surface area contributed by atoms with Gasteiger partial charge in [-0.15, -0.1) is 0 Å². The molecule has 4 heteroatoms. The Labute approximate surface area is 139 Å². The smallest absolute Gasteiger partial charge is 0.221 e. The van der Waals surface area contributed by atoms with E-state index in [9.17, 15) is 14.4 Å². The topological polar surface area (TPSA) is 63.2 Å². The Hall–Kier alpha value is -3.45. The van der Waals surface area contributed by atoms with Crippen LogP contribution in [0.4, 0.5) is 0 Å². The average Bonchev–Trinajstić information content (AvgIpc) is 2.59. The molecule has 0 spiro atoms. The lowest BCUT2D eigenvalue weighted by Gasteiger charge is -2.18. The van der Waals surface area contributed by atoms with Gasteiger partial charge in [-0.05, 0) is 12.1 Å². The van der Waals surface area contributed by atoms with Gasteiger partial charge < -0.3 is 5.32 Å². The molecule has 116 valence electrons. The second-order valence-corrected chi connectivity index (χ2v) is 5.25. The number of nitrogens with one attached hydrogen (secondary N) is 1. The van der Waals surface area contributed by atoms with E-state index in [0.717, 1.165) is 0 Å². The molecule has 3 rings (SSSR count). The monoisotopic (exact) mass is 315 g/mol. The van der Waals surface area contributed by atoms with E-state index < -0.39 is 11.7 Å². The highest BCUT2D eigenvalue weighted by molar-refractivity contribution is 6.29. The standard InChI is InChI=1S/C20H13NO3/c1-13(22)21-18-17(12-11-14-7-3-2-4-8-14)19(23)15-9-5-6-10-16(15)20(18)24/h2-10H,1H3,(H,21,22). The molecule has 1 aliphatic carbocycles. The minimum absolute atomic E-state index is 0.0118.